The maximum Gasteiger partial charge on any atom is 0.341 e. The molecule has 2 aliphatic rings. The van der Waals surface area contributed by atoms with E-state index >= 15 is 4.39 Å². The summed E-state index contributed by atoms with van der Waals surface area (Å²) >= 11 is 0. The van der Waals surface area contributed by atoms with E-state index in [0.29, 0.717) is 24.2 Å². The van der Waals surface area contributed by atoms with Crippen molar-refractivity contribution in [1.82, 2.24) is 9.88 Å². The maximum atomic E-state index is 15.1. The third-order valence-electron chi connectivity index (χ3n) is 6.07. The van der Waals surface area contributed by atoms with E-state index in [2.05, 4.69) is 5.32 Å². The summed E-state index contributed by atoms with van der Waals surface area (Å²) in [5.41, 5.74) is -0.337. The number of hydrogen-bond acceptors (Lipinski definition) is 4. The second kappa shape index (κ2) is 7.05. The lowest BCUT2D eigenvalue weighted by molar-refractivity contribution is 0.0694. The first-order valence-electron chi connectivity index (χ1n) is 9.51. The van der Waals surface area contributed by atoms with Crippen molar-refractivity contribution >= 4 is 22.6 Å². The van der Waals surface area contributed by atoms with Gasteiger partial charge in [-0.2, -0.15) is 0 Å². The molecule has 4 rings (SSSR count). The molecule has 29 heavy (non-hydrogen) atoms. The predicted octanol–water partition coefficient (Wildman–Crippen LogP) is 2.42. The number of carbonyl (C=O) groups is 1. The lowest BCUT2D eigenvalue weighted by Gasteiger charge is -2.24. The average molecular weight is 409 g/mol. The monoisotopic (exact) mass is 409 g/mol. The molecular formula is C20H22F3N3O3. The van der Waals surface area contributed by atoms with Gasteiger partial charge < -0.3 is 19.9 Å². The number of hydrogen-bond donors (Lipinski definition) is 2. The number of nitrogens with zero attached hydrogens (tertiary/aromatic N) is 2. The highest BCUT2D eigenvalue weighted by Gasteiger charge is 2.41. The second-order valence-electron chi connectivity index (χ2n) is 7.85. The molecule has 2 aromatic rings. The van der Waals surface area contributed by atoms with Crippen molar-refractivity contribution < 1.29 is 23.1 Å². The van der Waals surface area contributed by atoms with E-state index < -0.39 is 41.7 Å². The van der Waals surface area contributed by atoms with Gasteiger partial charge in [0.05, 0.1) is 23.9 Å². The highest BCUT2D eigenvalue weighted by atomic mass is 19.1. The summed E-state index contributed by atoms with van der Waals surface area (Å²) in [6.45, 7) is 1.78. The summed E-state index contributed by atoms with van der Waals surface area (Å²) < 4.78 is 43.8. The molecule has 1 aliphatic carbocycles. The van der Waals surface area contributed by atoms with Gasteiger partial charge in [-0.05, 0) is 25.6 Å². The number of nitrogens with one attached hydrogen (secondary N) is 1. The fourth-order valence-corrected chi connectivity index (χ4v) is 4.45. The number of likely N-dealkylation sites (N-methyl/N-ethyl adjacent to an activating group) is 1. The van der Waals surface area contributed by atoms with Crippen LogP contribution in [0.3, 0.4) is 0 Å². The first kappa shape index (κ1) is 19.8. The van der Waals surface area contributed by atoms with Crippen LogP contribution in [0.15, 0.2) is 17.1 Å². The molecule has 9 heteroatoms. The van der Waals surface area contributed by atoms with Crippen LogP contribution in [0.5, 0.6) is 0 Å². The van der Waals surface area contributed by atoms with Gasteiger partial charge in [-0.25, -0.2) is 13.6 Å². The summed E-state index contributed by atoms with van der Waals surface area (Å²) in [6, 6.07) is 0.288. The topological polar surface area (TPSA) is 74.6 Å². The molecule has 1 aliphatic heterocycles. The summed E-state index contributed by atoms with van der Waals surface area (Å²) in [7, 11) is 1.72. The molecule has 1 saturated carbocycles. The summed E-state index contributed by atoms with van der Waals surface area (Å²) in [5, 5.41) is 12.3. The molecule has 2 N–H and O–H groups in total. The number of anilines is 1. The zero-order chi connectivity index (χ0) is 21.0. The SMILES string of the molecule is CN[C@@H]1CN(c2c(F)cc3c(=O)c(C(=O)O)cn([C@@H]4C[C@@H]4F)c3c2C)C[C@@H]1CF. The van der Waals surface area contributed by atoms with Crippen LogP contribution in [-0.2, 0) is 0 Å². The Morgan fingerprint density at radius 1 is 1.38 bits per heavy atom. The Hall–Kier alpha value is -2.55. The number of carboxylic acids is 1. The van der Waals surface area contributed by atoms with Gasteiger partial charge >= 0.3 is 5.97 Å². The number of alkyl halides is 2. The van der Waals surface area contributed by atoms with Crippen LogP contribution in [0.2, 0.25) is 0 Å². The van der Waals surface area contributed by atoms with Gasteiger partial charge in [-0.15, -0.1) is 0 Å². The second-order valence-corrected chi connectivity index (χ2v) is 7.85. The minimum atomic E-state index is -1.44. The number of aryl methyl sites for hydroxylation is 1. The van der Waals surface area contributed by atoms with Gasteiger partial charge in [0.25, 0.3) is 0 Å². The Morgan fingerprint density at radius 2 is 2.07 bits per heavy atom. The normalized spacial score (nSPS) is 26.3. The number of fused-ring (bicyclic) bond motifs is 1. The summed E-state index contributed by atoms with van der Waals surface area (Å²) in [6.07, 6.45) is 0.210. The van der Waals surface area contributed by atoms with Gasteiger partial charge in [-0.3, -0.25) is 9.18 Å². The Kier molecular flexibility index (Phi) is 4.80. The third kappa shape index (κ3) is 3.08. The zero-order valence-electron chi connectivity index (χ0n) is 16.1. The Bertz CT molecular complexity index is 1040. The van der Waals surface area contributed by atoms with Gasteiger partial charge in [0.1, 0.15) is 17.6 Å². The number of rotatable bonds is 5. The van der Waals surface area contributed by atoms with Gasteiger partial charge in [0, 0.05) is 43.1 Å². The highest BCUT2D eigenvalue weighted by Crippen LogP contribution is 2.43. The minimum Gasteiger partial charge on any atom is -0.477 e. The molecule has 0 unspecified atom stereocenters. The van der Waals surface area contributed by atoms with Gasteiger partial charge in [0.2, 0.25) is 5.43 Å². The van der Waals surface area contributed by atoms with E-state index in [1.165, 1.54) is 4.57 Å². The van der Waals surface area contributed by atoms with Crippen molar-refractivity contribution in [3.8, 4) is 0 Å². The van der Waals surface area contributed by atoms with Crippen LogP contribution in [-0.4, -0.2) is 54.7 Å². The van der Waals surface area contributed by atoms with Gasteiger partial charge in [-0.1, -0.05) is 0 Å². The molecule has 156 valence electrons. The number of aromatic nitrogens is 1. The van der Waals surface area contributed by atoms with Crippen molar-refractivity contribution in [2.45, 2.75) is 31.6 Å². The van der Waals surface area contributed by atoms with Gasteiger partial charge in [0.15, 0.2) is 0 Å². The molecule has 6 nitrogen and oxygen atoms in total. The maximum absolute atomic E-state index is 15.1. The van der Waals surface area contributed by atoms with E-state index in [9.17, 15) is 23.5 Å². The lowest BCUT2D eigenvalue weighted by atomic mass is 10.0. The number of benzene rings is 1. The van der Waals surface area contributed by atoms with Crippen molar-refractivity contribution in [2.24, 2.45) is 5.92 Å². The molecular weight excluding hydrogens is 387 g/mol. The quantitative estimate of drug-likeness (QED) is 0.794. The molecule has 1 aromatic carbocycles. The fraction of sp³-hybridized carbons (Fsp3) is 0.500. The minimum absolute atomic E-state index is 0.0887. The van der Waals surface area contributed by atoms with Crippen LogP contribution in [0.25, 0.3) is 10.9 Å². The molecule has 0 bridgehead atoms. The summed E-state index contributed by atoms with van der Waals surface area (Å²) in [5.74, 6) is -2.42. The van der Waals surface area contributed by atoms with Crippen molar-refractivity contribution in [2.75, 3.05) is 31.7 Å². The van der Waals surface area contributed by atoms with Crippen LogP contribution in [0, 0.1) is 18.7 Å². The zero-order valence-corrected chi connectivity index (χ0v) is 16.1. The molecule has 2 fully saturated rings. The average Bonchev–Trinajstić information content (AvgIpc) is 3.25. The number of aromatic carboxylic acids is 1. The number of carboxylic acid groups (broad SMARTS) is 1. The molecule has 0 amide bonds. The molecule has 2 heterocycles. The molecule has 0 radical (unpaired) electrons. The van der Waals surface area contributed by atoms with Crippen LogP contribution in [0.1, 0.15) is 28.4 Å². The number of halogens is 3. The standard InChI is InChI=1S/C20H22F3N3O3/c1-9-17-11(19(27)12(20(28)29)7-26(17)16-4-13(16)22)3-14(23)18(9)25-6-10(5-21)15(8-25)24-2/h3,7,10,13,15-16,24H,4-6,8H2,1-2H3,(H,28,29)/t10-,13-,15+,16+/m0/s1. The molecule has 4 atom stereocenters. The van der Waals surface area contributed by atoms with E-state index in [-0.39, 0.29) is 29.5 Å². The largest absolute Gasteiger partial charge is 0.477 e. The van der Waals surface area contributed by atoms with Crippen molar-refractivity contribution in [3.05, 3.63) is 39.4 Å². The first-order chi connectivity index (χ1) is 13.8. The summed E-state index contributed by atoms with van der Waals surface area (Å²) in [4.78, 5) is 25.9. The molecule has 1 aromatic heterocycles. The Morgan fingerprint density at radius 3 is 2.59 bits per heavy atom. The smallest absolute Gasteiger partial charge is 0.341 e. The Balaban J connectivity index is 1.94. The highest BCUT2D eigenvalue weighted by molar-refractivity contribution is 5.95. The molecule has 0 spiro atoms. The predicted molar refractivity (Wildman–Crippen MR) is 103 cm³/mol. The third-order valence-corrected chi connectivity index (χ3v) is 6.07. The van der Waals surface area contributed by atoms with Crippen LogP contribution in [0.4, 0.5) is 18.9 Å². The van der Waals surface area contributed by atoms with E-state index in [1.54, 1.807) is 18.9 Å². The number of pyridine rings is 1. The van der Waals surface area contributed by atoms with Crippen LogP contribution >= 0.6 is 0 Å². The van der Waals surface area contributed by atoms with Crippen molar-refractivity contribution in [1.29, 1.82) is 0 Å². The van der Waals surface area contributed by atoms with Crippen LogP contribution < -0.4 is 15.6 Å². The molecule has 1 saturated heterocycles. The van der Waals surface area contributed by atoms with E-state index in [4.69, 9.17) is 0 Å². The lowest BCUT2D eigenvalue weighted by Crippen LogP contribution is -2.34. The first-order valence-corrected chi connectivity index (χ1v) is 9.51. The van der Waals surface area contributed by atoms with Crippen molar-refractivity contribution in [3.63, 3.8) is 0 Å². The fourth-order valence-electron chi connectivity index (χ4n) is 4.45. The van der Waals surface area contributed by atoms with E-state index in [0.717, 1.165) is 12.3 Å². The Labute approximate surface area is 164 Å². The van der Waals surface area contributed by atoms with E-state index in [1.807, 2.05) is 0 Å².